The number of nitrogens with one attached hydrogen (secondary N) is 2. The zero-order chi connectivity index (χ0) is 23.4. The highest BCUT2D eigenvalue weighted by atomic mass is 16.2. The average molecular weight is 446 g/mol. The predicted molar refractivity (Wildman–Crippen MR) is 124 cm³/mol. The van der Waals surface area contributed by atoms with Crippen molar-refractivity contribution < 1.29 is 9.59 Å². The van der Waals surface area contributed by atoms with Crippen LogP contribution in [-0.2, 0) is 17.9 Å². The molecule has 1 amide bonds. The molecule has 0 spiro atoms. The number of aryl methyl sites for hydroxylation is 1. The van der Waals surface area contributed by atoms with Gasteiger partial charge in [0, 0.05) is 30.8 Å². The van der Waals surface area contributed by atoms with E-state index in [9.17, 15) is 9.59 Å². The summed E-state index contributed by atoms with van der Waals surface area (Å²) in [5, 5.41) is 14.6. The number of aromatic nitrogens is 5. The maximum atomic E-state index is 13.1. The quantitative estimate of drug-likeness (QED) is 0.580. The maximum absolute atomic E-state index is 13.1. The van der Waals surface area contributed by atoms with Crippen molar-refractivity contribution in [2.45, 2.75) is 44.4 Å². The van der Waals surface area contributed by atoms with Gasteiger partial charge in [0.2, 0.25) is 0 Å². The van der Waals surface area contributed by atoms with Crippen LogP contribution in [0.4, 0.5) is 11.4 Å². The lowest BCUT2D eigenvalue weighted by molar-refractivity contribution is 0.102. The van der Waals surface area contributed by atoms with Crippen LogP contribution in [0.5, 0.6) is 0 Å². The summed E-state index contributed by atoms with van der Waals surface area (Å²) in [6.45, 7) is 6.95. The maximum Gasteiger partial charge on any atom is 0.274 e. The molecule has 0 saturated heterocycles. The number of carbonyl (C=O) groups excluding carboxylic acids is 2. The second-order valence-corrected chi connectivity index (χ2v) is 9.95. The Hall–Kier alpha value is -3.62. The second kappa shape index (κ2) is 7.47. The molecular formula is C24H27N7O2. The van der Waals surface area contributed by atoms with Crippen molar-refractivity contribution in [2.75, 3.05) is 17.2 Å². The number of anilines is 2. The normalized spacial score (nSPS) is 22.7. The summed E-state index contributed by atoms with van der Waals surface area (Å²) in [4.78, 5) is 33.8. The third-order valence-electron chi connectivity index (χ3n) is 6.84. The summed E-state index contributed by atoms with van der Waals surface area (Å²) in [5.74, 6) is 1.09. The molecule has 9 heteroatoms. The molecule has 0 atom stereocenters. The van der Waals surface area contributed by atoms with Gasteiger partial charge in [-0.1, -0.05) is 20.8 Å². The highest BCUT2D eigenvalue weighted by Crippen LogP contribution is 2.51. The molecule has 0 bridgehead atoms. The van der Waals surface area contributed by atoms with Crippen molar-refractivity contribution in [3.63, 3.8) is 0 Å². The fourth-order valence-electron chi connectivity index (χ4n) is 5.20. The van der Waals surface area contributed by atoms with Crippen LogP contribution in [0.25, 0.3) is 0 Å². The fourth-order valence-corrected chi connectivity index (χ4v) is 5.20. The van der Waals surface area contributed by atoms with E-state index in [-0.39, 0.29) is 22.4 Å². The number of rotatable bonds is 5. The third kappa shape index (κ3) is 3.39. The molecule has 1 aliphatic carbocycles. The summed E-state index contributed by atoms with van der Waals surface area (Å²) in [5.41, 5.74) is 3.11. The van der Waals surface area contributed by atoms with E-state index in [1.54, 1.807) is 12.5 Å². The molecule has 4 heterocycles. The van der Waals surface area contributed by atoms with Crippen LogP contribution >= 0.6 is 0 Å². The highest BCUT2D eigenvalue weighted by Gasteiger charge is 2.48. The first-order chi connectivity index (χ1) is 15.7. The topological polar surface area (TPSA) is 115 Å². The smallest absolute Gasteiger partial charge is 0.274 e. The monoisotopic (exact) mass is 445 g/mol. The Balaban J connectivity index is 1.46. The summed E-state index contributed by atoms with van der Waals surface area (Å²) >= 11 is 0. The minimum absolute atomic E-state index is 0.207. The molecule has 2 N–H and O–H groups in total. The first-order valence-corrected chi connectivity index (χ1v) is 11.1. The molecule has 0 unspecified atom stereocenters. The number of carbonyl (C=O) groups is 2. The largest absolute Gasteiger partial charge is 0.382 e. The van der Waals surface area contributed by atoms with E-state index in [0.29, 0.717) is 29.4 Å². The van der Waals surface area contributed by atoms with E-state index < -0.39 is 0 Å². The van der Waals surface area contributed by atoms with Gasteiger partial charge in [-0.25, -0.2) is 4.98 Å². The van der Waals surface area contributed by atoms with Gasteiger partial charge in [-0.15, -0.1) is 10.2 Å². The van der Waals surface area contributed by atoms with E-state index in [1.165, 1.54) is 6.07 Å². The van der Waals surface area contributed by atoms with Gasteiger partial charge >= 0.3 is 0 Å². The Labute approximate surface area is 192 Å². The molecule has 9 nitrogen and oxygen atoms in total. The minimum Gasteiger partial charge on any atom is -0.382 e. The Morgan fingerprint density at radius 1 is 1.27 bits per heavy atom. The lowest BCUT2D eigenvalue weighted by atomic mass is 9.59. The number of nitrogens with zero attached hydrogens (tertiary/aromatic N) is 5. The van der Waals surface area contributed by atoms with Crippen molar-refractivity contribution >= 4 is 23.6 Å². The zero-order valence-corrected chi connectivity index (χ0v) is 19.2. The van der Waals surface area contributed by atoms with Gasteiger partial charge in [0.25, 0.3) is 5.91 Å². The molecule has 2 aliphatic rings. The van der Waals surface area contributed by atoms with Crippen molar-refractivity contribution in [1.82, 2.24) is 24.7 Å². The molecular weight excluding hydrogens is 418 g/mol. The van der Waals surface area contributed by atoms with Crippen LogP contribution < -0.4 is 10.6 Å². The number of amides is 1. The molecule has 1 fully saturated rings. The van der Waals surface area contributed by atoms with Gasteiger partial charge in [-0.3, -0.25) is 14.6 Å². The summed E-state index contributed by atoms with van der Waals surface area (Å²) in [7, 11) is 1.94. The van der Waals surface area contributed by atoms with Gasteiger partial charge < -0.3 is 15.2 Å². The Morgan fingerprint density at radius 2 is 2.06 bits per heavy atom. The van der Waals surface area contributed by atoms with Gasteiger partial charge in [0.1, 0.15) is 17.8 Å². The third-order valence-corrected chi connectivity index (χ3v) is 6.84. The Morgan fingerprint density at radius 3 is 2.73 bits per heavy atom. The van der Waals surface area contributed by atoms with Crippen molar-refractivity contribution in [2.24, 2.45) is 13.0 Å². The highest BCUT2D eigenvalue weighted by molar-refractivity contribution is 6.04. The fraction of sp³-hybridized carbons (Fsp3) is 0.417. The number of aldehydes is 1. The van der Waals surface area contributed by atoms with Crippen molar-refractivity contribution in [3.8, 4) is 0 Å². The molecule has 1 aliphatic heterocycles. The predicted octanol–water partition coefficient (Wildman–Crippen LogP) is 3.09. The van der Waals surface area contributed by atoms with Gasteiger partial charge in [0.05, 0.1) is 28.7 Å². The Bertz CT molecular complexity index is 1260. The van der Waals surface area contributed by atoms with Gasteiger partial charge in [-0.2, -0.15) is 0 Å². The van der Waals surface area contributed by atoms with E-state index in [1.807, 2.05) is 37.7 Å². The molecule has 3 aromatic rings. The number of hydrogen-bond donors (Lipinski definition) is 2. The van der Waals surface area contributed by atoms with E-state index >= 15 is 0 Å². The second-order valence-electron chi connectivity index (χ2n) is 9.95. The average Bonchev–Trinajstić information content (AvgIpc) is 3.33. The number of fused-ring (bicyclic) bond motifs is 1. The summed E-state index contributed by atoms with van der Waals surface area (Å²) in [6, 6.07) is 3.48. The lowest BCUT2D eigenvalue weighted by Gasteiger charge is -2.45. The van der Waals surface area contributed by atoms with Crippen molar-refractivity contribution in [1.29, 1.82) is 0 Å². The number of pyridine rings is 2. The number of hydrogen-bond acceptors (Lipinski definition) is 7. The van der Waals surface area contributed by atoms with Crippen molar-refractivity contribution in [3.05, 3.63) is 59.2 Å². The molecule has 3 aromatic heterocycles. The van der Waals surface area contributed by atoms with Crippen LogP contribution in [0, 0.1) is 5.92 Å². The standard InChI is InChI=1S/C24H27N7O2/c1-14-7-24(8-14,22-30-27-13-31(22)4)16-6-17(10-25-9-16)28-21(33)18-5-15(11-32)19-20(29-18)23(2,3)12-26-19/h5-6,9-11,13-14,26H,7-8,12H2,1-4H3,(H,28,33). The van der Waals surface area contributed by atoms with Crippen LogP contribution in [0.3, 0.4) is 0 Å². The molecule has 33 heavy (non-hydrogen) atoms. The van der Waals surface area contributed by atoms with Crippen LogP contribution in [0.15, 0.2) is 30.9 Å². The molecule has 5 rings (SSSR count). The van der Waals surface area contributed by atoms with Gasteiger partial charge in [0.15, 0.2) is 6.29 Å². The SMILES string of the molecule is CC1CC(c2cncc(NC(=O)c3cc(C=O)c4c(n3)C(C)(C)CN4)c2)(c2nncn2C)C1. The van der Waals surface area contributed by atoms with E-state index in [0.717, 1.165) is 36.2 Å². The van der Waals surface area contributed by atoms with Gasteiger partial charge in [-0.05, 0) is 36.5 Å². The first-order valence-electron chi connectivity index (χ1n) is 11.1. The zero-order valence-electron chi connectivity index (χ0n) is 19.2. The lowest BCUT2D eigenvalue weighted by Crippen LogP contribution is -2.43. The van der Waals surface area contributed by atoms with Crippen LogP contribution in [0.2, 0.25) is 0 Å². The first kappa shape index (κ1) is 21.2. The summed E-state index contributed by atoms with van der Waals surface area (Å²) in [6.07, 6.45) is 7.80. The van der Waals surface area contributed by atoms with Crippen LogP contribution in [0.1, 0.15) is 71.5 Å². The molecule has 0 radical (unpaired) electrons. The minimum atomic E-state index is -0.378. The molecule has 0 aromatic carbocycles. The van der Waals surface area contributed by atoms with E-state index in [2.05, 4.69) is 37.7 Å². The Kier molecular flexibility index (Phi) is 4.81. The molecule has 1 saturated carbocycles. The summed E-state index contributed by atoms with van der Waals surface area (Å²) < 4.78 is 1.95. The van der Waals surface area contributed by atoms with E-state index in [4.69, 9.17) is 0 Å². The van der Waals surface area contributed by atoms with Crippen LogP contribution in [-0.4, -0.2) is 43.5 Å². The molecule has 170 valence electrons.